The topological polar surface area (TPSA) is 58.6 Å². The van der Waals surface area contributed by atoms with E-state index in [4.69, 9.17) is 9.84 Å². The van der Waals surface area contributed by atoms with Crippen LogP contribution >= 0.6 is 0 Å². The zero-order valence-electron chi connectivity index (χ0n) is 8.91. The normalized spacial score (nSPS) is 10.0. The molecule has 4 nitrogen and oxygen atoms in total. The lowest BCUT2D eigenvalue weighted by Gasteiger charge is -2.08. The predicted molar refractivity (Wildman–Crippen MR) is 57.3 cm³/mol. The average Bonchev–Trinajstić information content (AvgIpc) is 2.26. The van der Waals surface area contributed by atoms with Crippen molar-refractivity contribution < 1.29 is 14.6 Å². The number of methoxy groups -OCH3 is 1. The van der Waals surface area contributed by atoms with E-state index in [-0.39, 0.29) is 5.56 Å². The van der Waals surface area contributed by atoms with Crippen LogP contribution in [-0.2, 0) is 6.54 Å². The first-order valence-electron chi connectivity index (χ1n) is 4.80. The zero-order chi connectivity index (χ0) is 11.3. The molecule has 0 unspecified atom stereocenters. The van der Waals surface area contributed by atoms with E-state index in [1.807, 2.05) is 6.92 Å². The Balaban J connectivity index is 2.98. The van der Waals surface area contributed by atoms with E-state index in [9.17, 15) is 4.79 Å². The van der Waals surface area contributed by atoms with E-state index in [1.165, 1.54) is 13.2 Å². The van der Waals surface area contributed by atoms with Gasteiger partial charge in [0.1, 0.15) is 5.75 Å². The molecule has 0 fully saturated rings. The van der Waals surface area contributed by atoms with Crippen LogP contribution in [0, 0.1) is 0 Å². The van der Waals surface area contributed by atoms with Gasteiger partial charge in [-0.3, -0.25) is 0 Å². The summed E-state index contributed by atoms with van der Waals surface area (Å²) in [4.78, 5) is 11.0. The Bertz CT molecular complexity index is 350. The summed E-state index contributed by atoms with van der Waals surface area (Å²) in [7, 11) is 1.52. The van der Waals surface area contributed by atoms with Crippen molar-refractivity contribution in [3.8, 4) is 5.75 Å². The van der Waals surface area contributed by atoms with Crippen molar-refractivity contribution >= 4 is 5.97 Å². The first kappa shape index (κ1) is 11.5. The zero-order valence-corrected chi connectivity index (χ0v) is 8.91. The Morgan fingerprint density at radius 2 is 2.27 bits per heavy atom. The number of rotatable bonds is 5. The maximum atomic E-state index is 11.0. The Kier molecular flexibility index (Phi) is 4.12. The Morgan fingerprint density at radius 3 is 2.80 bits per heavy atom. The van der Waals surface area contributed by atoms with Gasteiger partial charge in [0.2, 0.25) is 0 Å². The molecule has 0 atom stereocenters. The summed E-state index contributed by atoms with van der Waals surface area (Å²) in [5.74, 6) is -0.366. The minimum Gasteiger partial charge on any atom is -0.497 e. The molecule has 0 saturated carbocycles. The Morgan fingerprint density at radius 1 is 1.53 bits per heavy atom. The summed E-state index contributed by atoms with van der Waals surface area (Å²) in [5.41, 5.74) is 1.06. The third-order valence-electron chi connectivity index (χ3n) is 2.11. The Hall–Kier alpha value is -1.55. The van der Waals surface area contributed by atoms with Crippen molar-refractivity contribution in [2.75, 3.05) is 13.7 Å². The van der Waals surface area contributed by atoms with Crippen LogP contribution in [-0.4, -0.2) is 24.7 Å². The monoisotopic (exact) mass is 209 g/mol. The van der Waals surface area contributed by atoms with Gasteiger partial charge in [-0.15, -0.1) is 0 Å². The lowest BCUT2D eigenvalue weighted by Crippen LogP contribution is -2.15. The number of hydrogen-bond donors (Lipinski definition) is 2. The van der Waals surface area contributed by atoms with Crippen molar-refractivity contribution in [1.82, 2.24) is 5.32 Å². The van der Waals surface area contributed by atoms with Crippen molar-refractivity contribution in [2.24, 2.45) is 0 Å². The van der Waals surface area contributed by atoms with Crippen LogP contribution in [0.2, 0.25) is 0 Å². The molecular weight excluding hydrogens is 194 g/mol. The van der Waals surface area contributed by atoms with Crippen LogP contribution in [0.4, 0.5) is 0 Å². The second-order valence-electron chi connectivity index (χ2n) is 3.11. The molecule has 15 heavy (non-hydrogen) atoms. The lowest BCUT2D eigenvalue weighted by molar-refractivity contribution is 0.0695. The molecule has 1 rings (SSSR count). The fraction of sp³-hybridized carbons (Fsp3) is 0.364. The number of carboxylic acids is 1. The summed E-state index contributed by atoms with van der Waals surface area (Å²) in [6, 6.07) is 5.07. The van der Waals surface area contributed by atoms with Gasteiger partial charge >= 0.3 is 5.97 Å². The van der Waals surface area contributed by atoms with Crippen molar-refractivity contribution in [3.05, 3.63) is 29.3 Å². The van der Waals surface area contributed by atoms with Gasteiger partial charge in [0, 0.05) is 6.54 Å². The van der Waals surface area contributed by atoms with Crippen LogP contribution in [0.25, 0.3) is 0 Å². The SMILES string of the molecule is CCNCc1ccc(OC)cc1C(=O)O. The fourth-order valence-corrected chi connectivity index (χ4v) is 1.30. The second-order valence-corrected chi connectivity index (χ2v) is 3.11. The van der Waals surface area contributed by atoms with Gasteiger partial charge in [0.05, 0.1) is 12.7 Å². The van der Waals surface area contributed by atoms with Gasteiger partial charge in [-0.05, 0) is 24.2 Å². The molecule has 82 valence electrons. The molecule has 4 heteroatoms. The highest BCUT2D eigenvalue weighted by Gasteiger charge is 2.10. The van der Waals surface area contributed by atoms with Gasteiger partial charge < -0.3 is 15.2 Å². The smallest absolute Gasteiger partial charge is 0.336 e. The highest BCUT2D eigenvalue weighted by molar-refractivity contribution is 5.89. The van der Waals surface area contributed by atoms with E-state index >= 15 is 0 Å². The largest absolute Gasteiger partial charge is 0.497 e. The van der Waals surface area contributed by atoms with E-state index in [1.54, 1.807) is 12.1 Å². The van der Waals surface area contributed by atoms with Crippen LogP contribution in [0.5, 0.6) is 5.75 Å². The summed E-state index contributed by atoms with van der Waals surface area (Å²) in [6.45, 7) is 3.34. The molecule has 0 spiro atoms. The predicted octanol–water partition coefficient (Wildman–Crippen LogP) is 1.50. The minimum atomic E-state index is -0.929. The molecule has 0 amide bonds. The lowest BCUT2D eigenvalue weighted by atomic mass is 10.1. The van der Waals surface area contributed by atoms with Gasteiger partial charge in [0.15, 0.2) is 0 Å². The average molecular weight is 209 g/mol. The van der Waals surface area contributed by atoms with Gasteiger partial charge in [-0.25, -0.2) is 4.79 Å². The molecule has 1 aromatic carbocycles. The molecule has 0 bridgehead atoms. The third-order valence-corrected chi connectivity index (χ3v) is 2.11. The minimum absolute atomic E-state index is 0.287. The maximum absolute atomic E-state index is 11.0. The van der Waals surface area contributed by atoms with Gasteiger partial charge in [0.25, 0.3) is 0 Å². The third kappa shape index (κ3) is 2.95. The number of carboxylic acid groups (broad SMARTS) is 1. The molecule has 2 N–H and O–H groups in total. The van der Waals surface area contributed by atoms with Crippen LogP contribution in [0.15, 0.2) is 18.2 Å². The molecule has 0 aliphatic heterocycles. The number of benzene rings is 1. The highest BCUT2D eigenvalue weighted by Crippen LogP contribution is 2.17. The summed E-state index contributed by atoms with van der Waals surface area (Å²) >= 11 is 0. The van der Waals surface area contributed by atoms with E-state index in [2.05, 4.69) is 5.32 Å². The molecule has 0 radical (unpaired) electrons. The number of carbonyl (C=O) groups is 1. The molecular formula is C11H15NO3. The molecule has 0 heterocycles. The summed E-state index contributed by atoms with van der Waals surface area (Å²) in [5, 5.41) is 12.1. The van der Waals surface area contributed by atoms with Crippen LogP contribution in [0.3, 0.4) is 0 Å². The molecule has 0 aromatic heterocycles. The summed E-state index contributed by atoms with van der Waals surface area (Å²) < 4.78 is 4.98. The summed E-state index contributed by atoms with van der Waals surface area (Å²) in [6.07, 6.45) is 0. The fourth-order valence-electron chi connectivity index (χ4n) is 1.30. The van der Waals surface area contributed by atoms with Crippen LogP contribution < -0.4 is 10.1 Å². The van der Waals surface area contributed by atoms with Gasteiger partial charge in [-0.1, -0.05) is 13.0 Å². The van der Waals surface area contributed by atoms with Crippen molar-refractivity contribution in [3.63, 3.8) is 0 Å². The van der Waals surface area contributed by atoms with Crippen LogP contribution in [0.1, 0.15) is 22.8 Å². The molecule has 0 aliphatic rings. The van der Waals surface area contributed by atoms with Gasteiger partial charge in [-0.2, -0.15) is 0 Å². The number of hydrogen-bond acceptors (Lipinski definition) is 3. The molecule has 1 aromatic rings. The second kappa shape index (κ2) is 5.36. The number of aromatic carboxylic acids is 1. The standard InChI is InChI=1S/C11H15NO3/c1-3-12-7-8-4-5-9(15-2)6-10(8)11(13)14/h4-6,12H,3,7H2,1-2H3,(H,13,14). The quantitative estimate of drug-likeness (QED) is 0.771. The first-order chi connectivity index (χ1) is 7.19. The molecule has 0 aliphatic carbocycles. The first-order valence-corrected chi connectivity index (χ1v) is 4.80. The van der Waals surface area contributed by atoms with E-state index in [0.29, 0.717) is 12.3 Å². The molecule has 0 saturated heterocycles. The van der Waals surface area contributed by atoms with Crippen molar-refractivity contribution in [2.45, 2.75) is 13.5 Å². The highest BCUT2D eigenvalue weighted by atomic mass is 16.5. The maximum Gasteiger partial charge on any atom is 0.336 e. The van der Waals surface area contributed by atoms with E-state index in [0.717, 1.165) is 12.1 Å². The Labute approximate surface area is 88.9 Å². The number of nitrogens with one attached hydrogen (secondary N) is 1. The number of ether oxygens (including phenoxy) is 1. The van der Waals surface area contributed by atoms with E-state index < -0.39 is 5.97 Å². The van der Waals surface area contributed by atoms with Crippen molar-refractivity contribution in [1.29, 1.82) is 0 Å².